The summed E-state index contributed by atoms with van der Waals surface area (Å²) in [6, 6.07) is 1.47. The van der Waals surface area contributed by atoms with Crippen molar-refractivity contribution in [1.29, 1.82) is 0 Å². The summed E-state index contributed by atoms with van der Waals surface area (Å²) in [4.78, 5) is 15.5. The van der Waals surface area contributed by atoms with Gasteiger partial charge in [-0.05, 0) is 19.4 Å². The molecule has 1 unspecified atom stereocenters. The van der Waals surface area contributed by atoms with Crippen molar-refractivity contribution < 1.29 is 9.90 Å². The second-order valence-electron chi connectivity index (χ2n) is 3.89. The van der Waals surface area contributed by atoms with Crippen LogP contribution < -0.4 is 5.32 Å². The molecule has 1 aromatic heterocycles. The summed E-state index contributed by atoms with van der Waals surface area (Å²) < 4.78 is 0. The van der Waals surface area contributed by atoms with Crippen molar-refractivity contribution >= 4 is 17.5 Å². The van der Waals surface area contributed by atoms with Crippen molar-refractivity contribution in [2.24, 2.45) is 0 Å². The minimum Gasteiger partial charge on any atom is -0.505 e. The number of aromatic nitrogens is 1. The van der Waals surface area contributed by atoms with E-state index in [0.29, 0.717) is 12.3 Å². The van der Waals surface area contributed by atoms with E-state index in [4.69, 9.17) is 11.6 Å². The van der Waals surface area contributed by atoms with E-state index in [0.717, 1.165) is 0 Å². The van der Waals surface area contributed by atoms with E-state index in [1.807, 2.05) is 13.8 Å². The van der Waals surface area contributed by atoms with Crippen molar-refractivity contribution in [3.63, 3.8) is 0 Å². The average molecular weight is 243 g/mol. The van der Waals surface area contributed by atoms with Gasteiger partial charge >= 0.3 is 0 Å². The van der Waals surface area contributed by atoms with E-state index in [-0.39, 0.29) is 17.2 Å². The molecule has 0 spiro atoms. The van der Waals surface area contributed by atoms with Crippen LogP contribution in [0.25, 0.3) is 0 Å². The van der Waals surface area contributed by atoms with E-state index in [1.54, 1.807) is 0 Å². The summed E-state index contributed by atoms with van der Waals surface area (Å²) >= 11 is 5.79. The minimum atomic E-state index is -0.464. The molecule has 1 atom stereocenters. The third kappa shape index (κ3) is 2.85. The lowest BCUT2D eigenvalue weighted by Gasteiger charge is -2.27. The van der Waals surface area contributed by atoms with Gasteiger partial charge in [-0.3, -0.25) is 9.78 Å². The summed E-state index contributed by atoms with van der Waals surface area (Å²) in [7, 11) is 0. The molecule has 1 amide bonds. The molecule has 5 heteroatoms. The molecular formula is C11H15ClN2O2. The molecule has 0 saturated heterocycles. The van der Waals surface area contributed by atoms with Crippen LogP contribution in [0, 0.1) is 0 Å². The number of carbonyl (C=O) groups is 1. The molecule has 1 heterocycles. The zero-order valence-electron chi connectivity index (χ0n) is 9.33. The standard InChI is InChI=1S/C11H15ClN2O2/c1-3-11(2,7-12)14-10(16)8-4-5-13-6-9(8)15/h4-6,15H,3,7H2,1-2H3,(H,14,16). The third-order valence-electron chi connectivity index (χ3n) is 2.54. The monoisotopic (exact) mass is 242 g/mol. The zero-order valence-corrected chi connectivity index (χ0v) is 10.1. The first-order chi connectivity index (χ1) is 7.52. The number of halogens is 1. The van der Waals surface area contributed by atoms with E-state index in [2.05, 4.69) is 10.3 Å². The number of hydrogen-bond acceptors (Lipinski definition) is 3. The average Bonchev–Trinajstić information content (AvgIpc) is 2.29. The van der Waals surface area contributed by atoms with Gasteiger partial charge in [0.1, 0.15) is 5.75 Å². The summed E-state index contributed by atoms with van der Waals surface area (Å²) in [6.45, 7) is 3.80. The lowest BCUT2D eigenvalue weighted by molar-refractivity contribution is 0.0909. The third-order valence-corrected chi connectivity index (χ3v) is 3.13. The summed E-state index contributed by atoms with van der Waals surface area (Å²) in [5, 5.41) is 12.3. The molecule has 2 N–H and O–H groups in total. The molecule has 0 bridgehead atoms. The Hall–Kier alpha value is -1.29. The molecule has 0 aliphatic rings. The highest BCUT2D eigenvalue weighted by atomic mass is 35.5. The van der Waals surface area contributed by atoms with Crippen molar-refractivity contribution in [2.45, 2.75) is 25.8 Å². The highest BCUT2D eigenvalue weighted by Gasteiger charge is 2.24. The maximum Gasteiger partial charge on any atom is 0.255 e. The van der Waals surface area contributed by atoms with Gasteiger partial charge in [0.05, 0.1) is 17.3 Å². The van der Waals surface area contributed by atoms with Gasteiger partial charge in [0.2, 0.25) is 0 Å². The highest BCUT2D eigenvalue weighted by Crippen LogP contribution is 2.17. The van der Waals surface area contributed by atoms with Crippen LogP contribution in [0.2, 0.25) is 0 Å². The number of nitrogens with zero attached hydrogens (tertiary/aromatic N) is 1. The molecule has 0 saturated carbocycles. The number of amides is 1. The Morgan fingerprint density at radius 3 is 2.88 bits per heavy atom. The van der Waals surface area contributed by atoms with E-state index in [1.165, 1.54) is 18.5 Å². The van der Waals surface area contributed by atoms with Gasteiger partial charge in [0, 0.05) is 12.1 Å². The van der Waals surface area contributed by atoms with Gasteiger partial charge in [-0.1, -0.05) is 6.92 Å². The van der Waals surface area contributed by atoms with Gasteiger partial charge in [0.25, 0.3) is 5.91 Å². The van der Waals surface area contributed by atoms with Gasteiger partial charge < -0.3 is 10.4 Å². The van der Waals surface area contributed by atoms with Crippen molar-refractivity contribution in [1.82, 2.24) is 10.3 Å². The van der Waals surface area contributed by atoms with Gasteiger partial charge in [-0.25, -0.2) is 0 Å². The first-order valence-corrected chi connectivity index (χ1v) is 5.57. The fourth-order valence-corrected chi connectivity index (χ4v) is 1.39. The summed E-state index contributed by atoms with van der Waals surface area (Å²) in [6.07, 6.45) is 3.41. The molecule has 1 aromatic rings. The van der Waals surface area contributed by atoms with Crippen molar-refractivity contribution in [2.75, 3.05) is 5.88 Å². The number of rotatable bonds is 4. The van der Waals surface area contributed by atoms with Gasteiger partial charge in [0.15, 0.2) is 0 Å². The first-order valence-electron chi connectivity index (χ1n) is 5.04. The molecule has 0 aromatic carbocycles. The fourth-order valence-electron chi connectivity index (χ4n) is 1.14. The zero-order chi connectivity index (χ0) is 12.2. The smallest absolute Gasteiger partial charge is 0.255 e. The highest BCUT2D eigenvalue weighted by molar-refractivity contribution is 6.18. The van der Waals surface area contributed by atoms with Crippen LogP contribution in [0.5, 0.6) is 5.75 Å². The predicted octanol–water partition coefficient (Wildman–Crippen LogP) is 1.92. The minimum absolute atomic E-state index is 0.131. The van der Waals surface area contributed by atoms with Crippen LogP contribution in [0.1, 0.15) is 30.6 Å². The Labute approximate surface area is 99.6 Å². The lowest BCUT2D eigenvalue weighted by atomic mass is 10.0. The van der Waals surface area contributed by atoms with Crippen LogP contribution >= 0.6 is 11.6 Å². The molecule has 0 aliphatic carbocycles. The van der Waals surface area contributed by atoms with E-state index >= 15 is 0 Å². The van der Waals surface area contributed by atoms with Gasteiger partial charge in [-0.15, -0.1) is 11.6 Å². The summed E-state index contributed by atoms with van der Waals surface area (Å²) in [5.74, 6) is -0.154. The second-order valence-corrected chi connectivity index (χ2v) is 4.16. The molecular weight excluding hydrogens is 228 g/mol. The number of hydrogen-bond donors (Lipinski definition) is 2. The Balaban J connectivity index is 2.84. The Morgan fingerprint density at radius 2 is 2.38 bits per heavy atom. The number of alkyl halides is 1. The molecule has 0 aliphatic heterocycles. The predicted molar refractivity (Wildman–Crippen MR) is 62.8 cm³/mol. The Kier molecular flexibility index (Phi) is 4.12. The summed E-state index contributed by atoms with van der Waals surface area (Å²) in [5.41, 5.74) is -0.256. The number of aromatic hydroxyl groups is 1. The van der Waals surface area contributed by atoms with Crippen LogP contribution in [-0.4, -0.2) is 27.4 Å². The van der Waals surface area contributed by atoms with Gasteiger partial charge in [-0.2, -0.15) is 0 Å². The number of pyridine rings is 1. The molecule has 4 nitrogen and oxygen atoms in total. The largest absolute Gasteiger partial charge is 0.505 e. The Bertz CT molecular complexity index is 378. The normalized spacial score (nSPS) is 14.2. The molecule has 88 valence electrons. The van der Waals surface area contributed by atoms with Crippen LogP contribution in [-0.2, 0) is 0 Å². The Morgan fingerprint density at radius 1 is 1.69 bits per heavy atom. The molecule has 16 heavy (non-hydrogen) atoms. The van der Waals surface area contributed by atoms with Crippen molar-refractivity contribution in [3.8, 4) is 5.75 Å². The maximum absolute atomic E-state index is 11.8. The fraction of sp³-hybridized carbons (Fsp3) is 0.455. The van der Waals surface area contributed by atoms with Crippen LogP contribution in [0.4, 0.5) is 0 Å². The molecule has 0 radical (unpaired) electrons. The van der Waals surface area contributed by atoms with E-state index in [9.17, 15) is 9.90 Å². The van der Waals surface area contributed by atoms with Crippen LogP contribution in [0.15, 0.2) is 18.5 Å². The lowest BCUT2D eigenvalue weighted by Crippen LogP contribution is -2.47. The van der Waals surface area contributed by atoms with E-state index < -0.39 is 5.54 Å². The topological polar surface area (TPSA) is 62.2 Å². The SMILES string of the molecule is CCC(C)(CCl)NC(=O)c1ccncc1O. The first kappa shape index (κ1) is 12.8. The molecule has 1 rings (SSSR count). The maximum atomic E-state index is 11.8. The number of nitrogens with one attached hydrogen (secondary N) is 1. The molecule has 0 fully saturated rings. The second kappa shape index (κ2) is 5.16. The van der Waals surface area contributed by atoms with Crippen molar-refractivity contribution in [3.05, 3.63) is 24.0 Å². The quantitative estimate of drug-likeness (QED) is 0.793. The van der Waals surface area contributed by atoms with Crippen LogP contribution in [0.3, 0.4) is 0 Å². The number of carbonyl (C=O) groups excluding carboxylic acids is 1.